The number of halogens is 1. The lowest BCUT2D eigenvalue weighted by Gasteiger charge is -2.37. The van der Waals surface area contributed by atoms with Crippen molar-refractivity contribution in [2.24, 2.45) is 10.9 Å². The van der Waals surface area contributed by atoms with Crippen molar-refractivity contribution >= 4 is 35.8 Å². The summed E-state index contributed by atoms with van der Waals surface area (Å²) >= 11 is 0. The van der Waals surface area contributed by atoms with Gasteiger partial charge >= 0.3 is 0 Å². The maximum absolute atomic E-state index is 5.52. The Morgan fingerprint density at radius 1 is 1.21 bits per heavy atom. The van der Waals surface area contributed by atoms with Crippen molar-refractivity contribution in [2.45, 2.75) is 25.8 Å². The fourth-order valence-electron chi connectivity index (χ4n) is 4.44. The van der Waals surface area contributed by atoms with E-state index in [1.54, 1.807) is 0 Å². The van der Waals surface area contributed by atoms with Crippen molar-refractivity contribution in [1.82, 2.24) is 20.1 Å². The van der Waals surface area contributed by atoms with Gasteiger partial charge in [0.25, 0.3) is 0 Å². The number of aliphatic imine (C=N–C) groups is 1. The first-order valence-electron chi connectivity index (χ1n) is 10.8. The largest absolute Gasteiger partial charge is 0.381 e. The Hall–Kier alpha value is -1.13. The van der Waals surface area contributed by atoms with E-state index in [0.717, 1.165) is 76.7 Å². The van der Waals surface area contributed by atoms with Gasteiger partial charge in [-0.25, -0.2) is 4.98 Å². The van der Waals surface area contributed by atoms with Crippen LogP contribution in [0.25, 0.3) is 0 Å². The quantitative estimate of drug-likeness (QED) is 0.369. The van der Waals surface area contributed by atoms with E-state index in [-0.39, 0.29) is 24.0 Å². The predicted molar refractivity (Wildman–Crippen MR) is 128 cm³/mol. The van der Waals surface area contributed by atoms with Crippen LogP contribution in [0.5, 0.6) is 0 Å². The molecule has 0 aromatic carbocycles. The smallest absolute Gasteiger partial charge is 0.194 e. The first kappa shape index (κ1) is 22.6. The number of piperazine rings is 1. The third kappa shape index (κ3) is 6.18. The maximum atomic E-state index is 5.52. The van der Waals surface area contributed by atoms with Gasteiger partial charge in [0, 0.05) is 72.2 Å². The topological polar surface area (TPSA) is 56.2 Å². The molecule has 1 aromatic rings. The molecule has 3 aliphatic rings. The molecule has 3 fully saturated rings. The van der Waals surface area contributed by atoms with Gasteiger partial charge in [0.15, 0.2) is 5.96 Å². The molecule has 4 rings (SSSR count). The number of guanidine groups is 1. The number of nitrogens with one attached hydrogen (secondary N) is 1. The molecular weight excluding hydrogens is 479 g/mol. The van der Waals surface area contributed by atoms with E-state index in [9.17, 15) is 0 Å². The molecular formula is C21H35IN6O. The standard InChI is InChI=1S/C21H34N6O.HI/c1-22-21(27-11-9-25(10-12-27)16-19-5-13-28-17-19)24-15-18-4-6-23-20(14-18)26-7-2-3-8-26;/h4,6,14,19H,2-3,5,7-13,15-17H2,1H3,(H,22,24);1H. The predicted octanol–water partition coefficient (Wildman–Crippen LogP) is 2.03. The van der Waals surface area contributed by atoms with Gasteiger partial charge in [-0.3, -0.25) is 9.89 Å². The summed E-state index contributed by atoms with van der Waals surface area (Å²) in [6.45, 7) is 10.4. The van der Waals surface area contributed by atoms with Crippen LogP contribution in [-0.2, 0) is 11.3 Å². The van der Waals surface area contributed by atoms with Gasteiger partial charge in [0.1, 0.15) is 5.82 Å². The van der Waals surface area contributed by atoms with E-state index in [1.807, 2.05) is 13.2 Å². The van der Waals surface area contributed by atoms with Gasteiger partial charge < -0.3 is 19.9 Å². The van der Waals surface area contributed by atoms with Gasteiger partial charge in [-0.2, -0.15) is 0 Å². The van der Waals surface area contributed by atoms with Gasteiger partial charge in [-0.15, -0.1) is 24.0 Å². The van der Waals surface area contributed by atoms with Crippen LogP contribution in [0.4, 0.5) is 5.82 Å². The second kappa shape index (κ2) is 11.3. The average molecular weight is 514 g/mol. The highest BCUT2D eigenvalue weighted by Gasteiger charge is 2.24. The van der Waals surface area contributed by atoms with Crippen molar-refractivity contribution in [3.63, 3.8) is 0 Å². The van der Waals surface area contributed by atoms with Gasteiger partial charge in [0.2, 0.25) is 0 Å². The van der Waals surface area contributed by atoms with Crippen LogP contribution >= 0.6 is 24.0 Å². The molecule has 0 bridgehead atoms. The Kier molecular flexibility index (Phi) is 8.80. The minimum absolute atomic E-state index is 0. The van der Waals surface area contributed by atoms with E-state index in [0.29, 0.717) is 0 Å². The molecule has 1 N–H and O–H groups in total. The van der Waals surface area contributed by atoms with E-state index >= 15 is 0 Å². The van der Waals surface area contributed by atoms with Crippen LogP contribution in [0.1, 0.15) is 24.8 Å². The van der Waals surface area contributed by atoms with Gasteiger partial charge in [-0.05, 0) is 42.9 Å². The minimum atomic E-state index is 0. The summed E-state index contributed by atoms with van der Waals surface area (Å²) in [6.07, 6.45) is 5.70. The van der Waals surface area contributed by atoms with E-state index in [1.165, 1.54) is 31.4 Å². The summed E-state index contributed by atoms with van der Waals surface area (Å²) in [6, 6.07) is 4.31. The molecule has 0 spiro atoms. The van der Waals surface area contributed by atoms with Crippen molar-refractivity contribution in [1.29, 1.82) is 0 Å². The number of anilines is 1. The van der Waals surface area contributed by atoms with Crippen LogP contribution in [0, 0.1) is 5.92 Å². The molecule has 1 aromatic heterocycles. The Bertz CT molecular complexity index is 652. The molecule has 0 saturated carbocycles. The third-order valence-electron chi connectivity index (χ3n) is 6.11. The van der Waals surface area contributed by atoms with Crippen molar-refractivity contribution < 1.29 is 4.74 Å². The van der Waals surface area contributed by atoms with Gasteiger partial charge in [-0.1, -0.05) is 0 Å². The highest BCUT2D eigenvalue weighted by atomic mass is 127. The number of rotatable bonds is 5. The molecule has 8 heteroatoms. The van der Waals surface area contributed by atoms with Crippen LogP contribution in [0.2, 0.25) is 0 Å². The van der Waals surface area contributed by atoms with Crippen molar-refractivity contribution in [2.75, 3.05) is 71.0 Å². The summed E-state index contributed by atoms with van der Waals surface area (Å²) in [5.41, 5.74) is 1.26. The second-order valence-corrected chi connectivity index (χ2v) is 8.13. The lowest BCUT2D eigenvalue weighted by molar-refractivity contribution is 0.139. The van der Waals surface area contributed by atoms with Crippen LogP contribution in [-0.4, -0.2) is 86.8 Å². The average Bonchev–Trinajstić information content (AvgIpc) is 3.44. The summed E-state index contributed by atoms with van der Waals surface area (Å²) in [7, 11) is 1.88. The summed E-state index contributed by atoms with van der Waals surface area (Å²) in [5, 5.41) is 3.55. The highest BCUT2D eigenvalue weighted by molar-refractivity contribution is 14.0. The fourth-order valence-corrected chi connectivity index (χ4v) is 4.44. The zero-order valence-electron chi connectivity index (χ0n) is 17.6. The van der Waals surface area contributed by atoms with E-state index in [2.05, 4.69) is 42.1 Å². The van der Waals surface area contributed by atoms with Crippen LogP contribution < -0.4 is 10.2 Å². The molecule has 3 saturated heterocycles. The lowest BCUT2D eigenvalue weighted by Crippen LogP contribution is -2.53. The third-order valence-corrected chi connectivity index (χ3v) is 6.11. The van der Waals surface area contributed by atoms with Crippen molar-refractivity contribution in [3.8, 4) is 0 Å². The Morgan fingerprint density at radius 3 is 2.69 bits per heavy atom. The molecule has 0 amide bonds. The molecule has 1 unspecified atom stereocenters. The monoisotopic (exact) mass is 514 g/mol. The second-order valence-electron chi connectivity index (χ2n) is 8.13. The van der Waals surface area contributed by atoms with Crippen molar-refractivity contribution in [3.05, 3.63) is 23.9 Å². The minimum Gasteiger partial charge on any atom is -0.381 e. The Labute approximate surface area is 191 Å². The molecule has 162 valence electrons. The SMILES string of the molecule is CN=C(NCc1ccnc(N2CCCC2)c1)N1CCN(CC2CCOC2)CC1.I. The Morgan fingerprint density at radius 2 is 2.00 bits per heavy atom. The Balaban J connectivity index is 0.00000240. The molecule has 3 aliphatic heterocycles. The molecule has 29 heavy (non-hydrogen) atoms. The number of aromatic nitrogens is 1. The number of hydrogen-bond acceptors (Lipinski definition) is 5. The summed E-state index contributed by atoms with van der Waals surface area (Å²) in [5.74, 6) is 2.83. The number of hydrogen-bond donors (Lipinski definition) is 1. The van der Waals surface area contributed by atoms with Crippen LogP contribution in [0.15, 0.2) is 23.3 Å². The molecule has 0 aliphatic carbocycles. The van der Waals surface area contributed by atoms with E-state index < -0.39 is 0 Å². The lowest BCUT2D eigenvalue weighted by atomic mass is 10.1. The molecule has 1 atom stereocenters. The number of pyridine rings is 1. The van der Waals surface area contributed by atoms with E-state index in [4.69, 9.17) is 4.74 Å². The maximum Gasteiger partial charge on any atom is 0.194 e. The molecule has 4 heterocycles. The highest BCUT2D eigenvalue weighted by Crippen LogP contribution is 2.19. The summed E-state index contributed by atoms with van der Waals surface area (Å²) < 4.78 is 5.52. The normalized spacial score (nSPS) is 23.3. The van der Waals surface area contributed by atoms with Crippen LogP contribution in [0.3, 0.4) is 0 Å². The molecule has 0 radical (unpaired) electrons. The zero-order valence-corrected chi connectivity index (χ0v) is 19.9. The fraction of sp³-hybridized carbons (Fsp3) is 0.714. The summed E-state index contributed by atoms with van der Waals surface area (Å²) in [4.78, 5) is 16.4. The first-order chi connectivity index (χ1) is 13.8. The first-order valence-corrected chi connectivity index (χ1v) is 10.8. The van der Waals surface area contributed by atoms with Gasteiger partial charge in [0.05, 0.1) is 6.61 Å². The molecule has 7 nitrogen and oxygen atoms in total. The number of nitrogens with zero attached hydrogens (tertiary/aromatic N) is 5. The number of ether oxygens (including phenoxy) is 1. The zero-order chi connectivity index (χ0) is 19.2.